The first-order chi connectivity index (χ1) is 19.4. The Morgan fingerprint density at radius 1 is 0.878 bits per heavy atom. The van der Waals surface area contributed by atoms with E-state index in [1.807, 2.05) is 41.8 Å². The number of rotatable bonds is 4. The van der Waals surface area contributed by atoms with E-state index in [-0.39, 0.29) is 5.78 Å². The fourth-order valence-corrected chi connectivity index (χ4v) is 5.63. The molecular formula is C29H44IN9O2. The van der Waals surface area contributed by atoms with Gasteiger partial charge in [0, 0.05) is 21.0 Å². The minimum Gasteiger partial charge on any atom is -0.390 e. The van der Waals surface area contributed by atoms with Crippen LogP contribution < -0.4 is 0 Å². The highest BCUT2D eigenvalue weighted by atomic mass is 127. The minimum atomic E-state index is -0.539. The van der Waals surface area contributed by atoms with Crippen molar-refractivity contribution in [2.75, 3.05) is 0 Å². The van der Waals surface area contributed by atoms with Crippen LogP contribution in [0.1, 0.15) is 87.7 Å². The Kier molecular flexibility index (Phi) is 11.8. The fourth-order valence-electron chi connectivity index (χ4n) is 5.63. The maximum Gasteiger partial charge on any atom is 0.179 e. The molecule has 41 heavy (non-hydrogen) atoms. The summed E-state index contributed by atoms with van der Waals surface area (Å²) in [6.45, 7) is 21.2. The lowest BCUT2D eigenvalue weighted by Gasteiger charge is -2.35. The van der Waals surface area contributed by atoms with Crippen LogP contribution in [-0.2, 0) is 14.1 Å². The third-order valence-corrected chi connectivity index (χ3v) is 6.63. The van der Waals surface area contributed by atoms with Gasteiger partial charge in [0.25, 0.3) is 0 Å². The van der Waals surface area contributed by atoms with E-state index in [0.29, 0.717) is 52.1 Å². The van der Waals surface area contributed by atoms with Crippen LogP contribution in [0.4, 0.5) is 0 Å². The molecule has 0 saturated heterocycles. The number of hydrogen-bond acceptors (Lipinski definition) is 9. The molecule has 4 heterocycles. The topological polar surface area (TPSA) is 148 Å². The summed E-state index contributed by atoms with van der Waals surface area (Å²) in [5.74, 6) is 2.63. The number of nitrogens with zero attached hydrogens (tertiary/aromatic N) is 9. The first-order valence-corrected chi connectivity index (χ1v) is 13.4. The molecular weight excluding hydrogens is 633 g/mol. The molecule has 0 fully saturated rings. The zero-order valence-corrected chi connectivity index (χ0v) is 28.6. The second kappa shape index (κ2) is 14.2. The number of hydrogen-bond donors (Lipinski definition) is 1. The molecule has 0 aliphatic rings. The highest BCUT2D eigenvalue weighted by Gasteiger charge is 2.31. The SMILES string of the molecule is CC(=O)c1nc(C)nc2c1c(C)nn2C.CC(C)C(C(C)C)C(C)(C)O.Cc1nc(C#N)c2c(C)nn(C)c2n1.[2H]I. The highest BCUT2D eigenvalue weighted by molar-refractivity contribution is 14.0. The number of aromatic nitrogens is 8. The quantitative estimate of drug-likeness (QED) is 0.223. The van der Waals surface area contributed by atoms with Gasteiger partial charge in [-0.1, -0.05) is 27.7 Å². The van der Waals surface area contributed by atoms with Crippen molar-refractivity contribution in [3.63, 3.8) is 0 Å². The maximum absolute atomic E-state index is 11.4. The van der Waals surface area contributed by atoms with E-state index in [2.05, 4.69) is 63.9 Å². The van der Waals surface area contributed by atoms with E-state index in [4.69, 9.17) is 5.86 Å². The third-order valence-electron chi connectivity index (χ3n) is 6.63. The number of halogens is 1. The molecule has 0 atom stereocenters. The summed E-state index contributed by atoms with van der Waals surface area (Å²) < 4.78 is 9.06. The average molecular weight is 679 g/mol. The van der Waals surface area contributed by atoms with Gasteiger partial charge >= 0.3 is 0 Å². The number of fused-ring (bicyclic) bond motifs is 2. The van der Waals surface area contributed by atoms with Crippen molar-refractivity contribution < 1.29 is 9.90 Å². The standard InChI is InChI=1S/C10H12N4O.C10H22O.C9H9N5.HI/c1-5-8-9(6(2)15)11-7(3)12-10(8)14(4)13-5;1-7(2)9(8(3)4)10(5,6)11;1-5-8-7(4-10)11-6(2)12-9(8)14(3)13-5;/h1-4H3;7-9,11H,1-6H3;1-3H3;1H/i/hD. The van der Waals surface area contributed by atoms with Crippen molar-refractivity contribution in [3.8, 4) is 6.07 Å². The number of Topliss-reactive ketones (excluding diaryl/α,β-unsaturated/α-hetero) is 1. The summed E-state index contributed by atoms with van der Waals surface area (Å²) in [5.41, 5.74) is 3.33. The molecule has 4 aromatic rings. The Labute approximate surface area is 260 Å². The number of nitriles is 1. The first-order valence-electron chi connectivity index (χ1n) is 13.8. The molecule has 1 N–H and O–H groups in total. The van der Waals surface area contributed by atoms with Gasteiger partial charge in [-0.25, -0.2) is 19.9 Å². The van der Waals surface area contributed by atoms with Crippen molar-refractivity contribution in [1.29, 1.82) is 5.86 Å². The molecule has 0 aliphatic carbocycles. The van der Waals surface area contributed by atoms with Gasteiger partial charge in [0.05, 0.1) is 27.8 Å². The van der Waals surface area contributed by atoms with Gasteiger partial charge in [0.2, 0.25) is 0 Å². The van der Waals surface area contributed by atoms with Crippen molar-refractivity contribution in [3.05, 3.63) is 34.4 Å². The molecule has 0 spiro atoms. The molecule has 0 radical (unpaired) electrons. The Morgan fingerprint density at radius 3 is 1.66 bits per heavy atom. The van der Waals surface area contributed by atoms with Crippen LogP contribution in [0.2, 0.25) is 0 Å². The molecule has 224 valence electrons. The van der Waals surface area contributed by atoms with Gasteiger partial charge in [-0.2, -0.15) is 15.5 Å². The van der Waals surface area contributed by atoms with Crippen LogP contribution in [0.15, 0.2) is 0 Å². The smallest absolute Gasteiger partial charge is 0.179 e. The van der Waals surface area contributed by atoms with Gasteiger partial charge in [-0.05, 0) is 59.3 Å². The van der Waals surface area contributed by atoms with Gasteiger partial charge in [-0.15, -0.1) is 23.8 Å². The molecule has 0 aromatic carbocycles. The summed E-state index contributed by atoms with van der Waals surface area (Å²) in [6, 6.07) is 2.06. The largest absolute Gasteiger partial charge is 0.390 e. The molecule has 4 aromatic heterocycles. The molecule has 12 heteroatoms. The van der Waals surface area contributed by atoms with Crippen LogP contribution >= 0.6 is 23.8 Å². The van der Waals surface area contributed by atoms with E-state index >= 15 is 0 Å². The Hall–Kier alpha value is -3.05. The highest BCUT2D eigenvalue weighted by Crippen LogP contribution is 2.31. The van der Waals surface area contributed by atoms with Gasteiger partial charge in [0.1, 0.15) is 24.0 Å². The maximum atomic E-state index is 11.4. The Bertz CT molecular complexity index is 1560. The number of carbonyl (C=O) groups is 1. The lowest BCUT2D eigenvalue weighted by atomic mass is 9.75. The van der Waals surface area contributed by atoms with Crippen molar-refractivity contribution >= 4 is 51.6 Å². The summed E-state index contributed by atoms with van der Waals surface area (Å²) in [4.78, 5) is 28.2. The molecule has 4 rings (SSSR count). The zero-order valence-electron chi connectivity index (χ0n) is 27.5. The Balaban J connectivity index is 0.000000310. The van der Waals surface area contributed by atoms with Gasteiger partial charge in [-0.3, -0.25) is 14.2 Å². The van der Waals surface area contributed by atoms with E-state index in [9.17, 15) is 9.90 Å². The number of carbonyl (C=O) groups excluding carboxylic acids is 1. The number of ketones is 1. The normalized spacial score (nSPS) is 11.4. The van der Waals surface area contributed by atoms with Crippen LogP contribution in [0, 0.1) is 56.8 Å². The molecule has 0 saturated carbocycles. The summed E-state index contributed by atoms with van der Waals surface area (Å²) in [6.07, 6.45) is 0. The second-order valence-corrected chi connectivity index (χ2v) is 11.4. The zero-order chi connectivity index (χ0) is 32.7. The van der Waals surface area contributed by atoms with E-state index in [1.54, 1.807) is 23.2 Å². The molecule has 0 aliphatic heterocycles. The summed E-state index contributed by atoms with van der Waals surface area (Å²) in [5, 5.41) is 28.7. The molecule has 0 bridgehead atoms. The Morgan fingerprint density at radius 2 is 1.29 bits per heavy atom. The predicted molar refractivity (Wildman–Crippen MR) is 171 cm³/mol. The third kappa shape index (κ3) is 8.48. The fraction of sp³-hybridized carbons (Fsp3) is 0.586. The van der Waals surface area contributed by atoms with Gasteiger partial charge < -0.3 is 5.11 Å². The van der Waals surface area contributed by atoms with Crippen LogP contribution in [0.25, 0.3) is 22.1 Å². The number of aryl methyl sites for hydroxylation is 6. The lowest BCUT2D eigenvalue weighted by Crippen LogP contribution is -2.37. The number of aliphatic hydroxyl groups is 1. The summed E-state index contributed by atoms with van der Waals surface area (Å²) in [7, 11) is 3.62. The van der Waals surface area contributed by atoms with Crippen molar-refractivity contribution in [1.82, 2.24) is 39.5 Å². The average Bonchev–Trinajstić information content (AvgIpc) is 3.31. The van der Waals surface area contributed by atoms with E-state index in [1.165, 1.54) is 30.7 Å². The van der Waals surface area contributed by atoms with Crippen molar-refractivity contribution in [2.24, 2.45) is 31.8 Å². The molecule has 0 amide bonds. The monoisotopic (exact) mass is 678 g/mol. The first kappa shape index (κ1) is 34.2. The van der Waals surface area contributed by atoms with Crippen LogP contribution in [0.3, 0.4) is 0 Å². The van der Waals surface area contributed by atoms with Gasteiger partial charge in [0.15, 0.2) is 22.8 Å². The minimum absolute atomic E-state index is 0.0541. The van der Waals surface area contributed by atoms with Crippen LogP contribution in [0.5, 0.6) is 0 Å². The predicted octanol–water partition coefficient (Wildman–Crippen LogP) is 5.34. The van der Waals surface area contributed by atoms with E-state index in [0.717, 1.165) is 22.2 Å². The van der Waals surface area contributed by atoms with E-state index < -0.39 is 5.60 Å². The lowest BCUT2D eigenvalue weighted by molar-refractivity contribution is -0.0255. The molecule has 0 unspecified atom stereocenters. The second-order valence-electron chi connectivity index (χ2n) is 11.4. The van der Waals surface area contributed by atoms with Crippen molar-refractivity contribution in [2.45, 2.75) is 81.8 Å². The summed E-state index contributed by atoms with van der Waals surface area (Å²) >= 11 is 1.40. The molecule has 11 nitrogen and oxygen atoms in total. The van der Waals surface area contributed by atoms with Crippen LogP contribution in [-0.4, -0.2) is 56.6 Å².